The van der Waals surface area contributed by atoms with Crippen LogP contribution in [-0.4, -0.2) is 0 Å². The van der Waals surface area contributed by atoms with Crippen LogP contribution >= 0.6 is 11.8 Å². The molecule has 7 aliphatic rings. The summed E-state index contributed by atoms with van der Waals surface area (Å²) >= 11 is 2.06. The number of anilines is 3. The average molecular weight is 780 g/mol. The van der Waals surface area contributed by atoms with E-state index in [2.05, 4.69) is 175 Å². The van der Waals surface area contributed by atoms with E-state index in [1.54, 1.807) is 22.3 Å². The summed E-state index contributed by atoms with van der Waals surface area (Å²) < 4.78 is 0. The van der Waals surface area contributed by atoms with E-state index in [0.29, 0.717) is 5.41 Å². The lowest BCUT2D eigenvalue weighted by molar-refractivity contribution is -0.235. The second-order valence-corrected chi connectivity index (χ2v) is 23.8. The summed E-state index contributed by atoms with van der Waals surface area (Å²) in [6.45, 7) is 20.0. The van der Waals surface area contributed by atoms with Gasteiger partial charge < -0.3 is 4.90 Å². The van der Waals surface area contributed by atoms with Gasteiger partial charge in [0.2, 0.25) is 0 Å². The minimum atomic E-state index is 0.0640. The van der Waals surface area contributed by atoms with E-state index in [9.17, 15) is 0 Å². The molecule has 1 heterocycles. The molecule has 5 aromatic rings. The molecule has 6 unspecified atom stereocenters. The van der Waals surface area contributed by atoms with Gasteiger partial charge in [-0.2, -0.15) is 0 Å². The summed E-state index contributed by atoms with van der Waals surface area (Å²) in [7, 11) is 0. The van der Waals surface area contributed by atoms with Gasteiger partial charge in [-0.3, -0.25) is 0 Å². The molecule has 296 valence electrons. The highest BCUT2D eigenvalue weighted by molar-refractivity contribution is 7.99. The van der Waals surface area contributed by atoms with E-state index in [-0.39, 0.29) is 27.1 Å². The first-order valence-corrected chi connectivity index (χ1v) is 23.6. The van der Waals surface area contributed by atoms with Crippen molar-refractivity contribution in [3.8, 4) is 11.1 Å². The summed E-state index contributed by atoms with van der Waals surface area (Å²) in [5.41, 5.74) is 17.3. The van der Waals surface area contributed by atoms with Crippen molar-refractivity contribution in [2.75, 3.05) is 4.90 Å². The molecule has 0 amide bonds. The van der Waals surface area contributed by atoms with Gasteiger partial charge in [0.25, 0.3) is 0 Å². The maximum atomic E-state index is 2.75. The zero-order chi connectivity index (χ0) is 39.8. The predicted molar refractivity (Wildman–Crippen MR) is 243 cm³/mol. The smallest absolute Gasteiger partial charge is 0.0502 e. The summed E-state index contributed by atoms with van der Waals surface area (Å²) in [6, 6.07) is 41.2. The third-order valence-corrected chi connectivity index (χ3v) is 19.2. The topological polar surface area (TPSA) is 3.24 Å². The van der Waals surface area contributed by atoms with Gasteiger partial charge in [0.15, 0.2) is 0 Å². The van der Waals surface area contributed by atoms with Gasteiger partial charge in [-0.1, -0.05) is 134 Å². The highest BCUT2D eigenvalue weighted by Crippen LogP contribution is 2.89. The molecule has 0 N–H and O–H groups in total. The monoisotopic (exact) mass is 779 g/mol. The molecule has 6 atom stereocenters. The lowest BCUT2D eigenvalue weighted by Gasteiger charge is -2.78. The van der Waals surface area contributed by atoms with Crippen LogP contribution in [0.1, 0.15) is 140 Å². The van der Waals surface area contributed by atoms with Gasteiger partial charge in [-0.15, -0.1) is 0 Å². The molecular formula is C56H61NS. The molecule has 58 heavy (non-hydrogen) atoms. The summed E-state index contributed by atoms with van der Waals surface area (Å²) in [6.07, 6.45) is 10.6. The zero-order valence-electron chi connectivity index (χ0n) is 36.1. The second-order valence-electron chi connectivity index (χ2n) is 22.7. The highest BCUT2D eigenvalue weighted by Gasteiger charge is 2.84. The van der Waals surface area contributed by atoms with Gasteiger partial charge in [0.05, 0.1) is 11.4 Å². The maximum absolute atomic E-state index is 2.75. The fraction of sp³-hybridized carbons (Fsp3) is 0.464. The maximum Gasteiger partial charge on any atom is 0.0502 e. The number of rotatable bonds is 4. The molecule has 1 nitrogen and oxygen atoms in total. The normalized spacial score (nSPS) is 31.5. The molecule has 6 aliphatic carbocycles. The minimum Gasteiger partial charge on any atom is -0.310 e. The van der Waals surface area contributed by atoms with E-state index in [1.165, 1.54) is 100 Å². The van der Waals surface area contributed by atoms with E-state index < -0.39 is 0 Å². The van der Waals surface area contributed by atoms with Crippen LogP contribution in [0, 0.1) is 29.1 Å². The Morgan fingerprint density at radius 2 is 1.12 bits per heavy atom. The van der Waals surface area contributed by atoms with E-state index in [1.807, 2.05) is 0 Å². The Bertz CT molecular complexity index is 2480. The molecule has 2 bridgehead atoms. The molecule has 5 aromatic carbocycles. The third kappa shape index (κ3) is 4.47. The fourth-order valence-electron chi connectivity index (χ4n) is 15.2. The number of benzene rings is 5. The lowest BCUT2D eigenvalue weighted by atomic mass is 9.26. The van der Waals surface area contributed by atoms with Crippen LogP contribution in [-0.2, 0) is 27.1 Å². The molecule has 0 radical (unpaired) electrons. The molecule has 4 fully saturated rings. The molecule has 0 saturated heterocycles. The Morgan fingerprint density at radius 1 is 0.500 bits per heavy atom. The van der Waals surface area contributed by atoms with E-state index in [4.69, 9.17) is 0 Å². The number of hydrogen-bond acceptors (Lipinski definition) is 2. The van der Waals surface area contributed by atoms with E-state index in [0.717, 1.165) is 23.7 Å². The van der Waals surface area contributed by atoms with Crippen molar-refractivity contribution < 1.29 is 0 Å². The van der Waals surface area contributed by atoms with Crippen molar-refractivity contribution in [3.63, 3.8) is 0 Å². The van der Waals surface area contributed by atoms with Crippen molar-refractivity contribution in [1.82, 2.24) is 0 Å². The standard InChI is InChI=1S/C56H61NS/c1-51(2)24-26-53(5,6)49-40(51)16-12-18-43(49)57(44-19-13-17-41-50(44)54(7,8)27-25-52(41,3)4)38-21-22-39-46(32-38)58-45-23-20-36(35-14-10-9-11-15-35)30-42(45)56(39)47-29-34-28-37-31-48(56)55(37,47)33-34/h9-23,30,32,34,37,47-48H,24-29,31,33H2,1-8H3. The van der Waals surface area contributed by atoms with Gasteiger partial charge in [0, 0.05) is 20.9 Å². The Balaban J connectivity index is 1.10. The van der Waals surface area contributed by atoms with Crippen LogP contribution in [0.5, 0.6) is 0 Å². The number of hydrogen-bond donors (Lipinski definition) is 0. The molecule has 4 saturated carbocycles. The Morgan fingerprint density at radius 3 is 1.76 bits per heavy atom. The third-order valence-electron chi connectivity index (χ3n) is 18.1. The summed E-state index contributed by atoms with van der Waals surface area (Å²) in [5.74, 6) is 3.43. The van der Waals surface area contributed by atoms with E-state index >= 15 is 0 Å². The quantitative estimate of drug-likeness (QED) is 0.179. The Hall–Kier alpha value is -3.75. The highest BCUT2D eigenvalue weighted by atomic mass is 32.2. The number of nitrogens with zero attached hydrogens (tertiary/aromatic N) is 1. The van der Waals surface area contributed by atoms with Crippen LogP contribution < -0.4 is 4.90 Å². The molecule has 1 aliphatic heterocycles. The summed E-state index contributed by atoms with van der Waals surface area (Å²) in [5, 5.41) is 0. The molecule has 12 rings (SSSR count). The lowest BCUT2D eigenvalue weighted by Crippen LogP contribution is -2.74. The minimum absolute atomic E-state index is 0.0640. The zero-order valence-corrected chi connectivity index (χ0v) is 37.0. The molecule has 2 spiro atoms. The number of fused-ring (bicyclic) bond motifs is 9. The van der Waals surface area contributed by atoms with Crippen LogP contribution in [0.2, 0.25) is 0 Å². The summed E-state index contributed by atoms with van der Waals surface area (Å²) in [4.78, 5) is 5.75. The Labute approximate surface area is 352 Å². The predicted octanol–water partition coefficient (Wildman–Crippen LogP) is 15.3. The van der Waals surface area contributed by atoms with Crippen LogP contribution in [0.3, 0.4) is 0 Å². The van der Waals surface area contributed by atoms with Gasteiger partial charge in [-0.25, -0.2) is 0 Å². The first-order chi connectivity index (χ1) is 27.7. The van der Waals surface area contributed by atoms with Crippen LogP contribution in [0.15, 0.2) is 113 Å². The van der Waals surface area contributed by atoms with Crippen molar-refractivity contribution in [2.45, 2.75) is 144 Å². The average Bonchev–Trinajstić information content (AvgIpc) is 3.74. The van der Waals surface area contributed by atoms with Crippen molar-refractivity contribution in [1.29, 1.82) is 0 Å². The van der Waals surface area contributed by atoms with Gasteiger partial charge >= 0.3 is 0 Å². The fourth-order valence-corrected chi connectivity index (χ4v) is 16.5. The Kier molecular flexibility index (Phi) is 7.19. The second kappa shape index (κ2) is 11.5. The van der Waals surface area contributed by atoms with Crippen LogP contribution in [0.25, 0.3) is 11.1 Å². The molecule has 0 aromatic heterocycles. The van der Waals surface area contributed by atoms with Gasteiger partial charge in [0.1, 0.15) is 0 Å². The first kappa shape index (κ1) is 36.1. The molecule has 2 heteroatoms. The van der Waals surface area contributed by atoms with Crippen molar-refractivity contribution in [2.24, 2.45) is 29.1 Å². The van der Waals surface area contributed by atoms with Crippen molar-refractivity contribution in [3.05, 3.63) is 137 Å². The first-order valence-electron chi connectivity index (χ1n) is 22.8. The van der Waals surface area contributed by atoms with Crippen molar-refractivity contribution >= 4 is 28.8 Å². The molecular weight excluding hydrogens is 719 g/mol. The van der Waals surface area contributed by atoms with Crippen LogP contribution in [0.4, 0.5) is 17.1 Å². The SMILES string of the molecule is CC1(C)CCC(C)(C)c2c(N(c3ccc4c(c3)Sc3ccc(-c5ccccc5)cc3C43C4CC5CC6CC3C64C5)c3cccc4c3C(C)(C)CCC4(C)C)cccc21. The largest absolute Gasteiger partial charge is 0.310 e. The van der Waals surface area contributed by atoms with Gasteiger partial charge in [-0.05, 0) is 183 Å².